The average molecular weight is 1210 g/mol. The number of piperazine rings is 1. The minimum Gasteiger partial charge on any atom is -0.464 e. The van der Waals surface area contributed by atoms with Gasteiger partial charge in [-0.25, -0.2) is 10.4 Å². The van der Waals surface area contributed by atoms with Crippen LogP contribution >= 0.6 is 11.3 Å². The van der Waals surface area contributed by atoms with E-state index < -0.39 is 54.2 Å². The summed E-state index contributed by atoms with van der Waals surface area (Å²) in [5, 5.41) is 7.65. The van der Waals surface area contributed by atoms with E-state index in [1.165, 1.54) is 33.8 Å². The van der Waals surface area contributed by atoms with Gasteiger partial charge < -0.3 is 34.1 Å². The Morgan fingerprint density at radius 3 is 2.42 bits per heavy atom. The van der Waals surface area contributed by atoms with Gasteiger partial charge in [-0.1, -0.05) is 33.8 Å². The molecule has 0 radical (unpaired) electrons. The number of esters is 1. The zero-order valence-corrected chi connectivity index (χ0v) is 51.9. The van der Waals surface area contributed by atoms with Crippen LogP contribution in [-0.4, -0.2) is 209 Å². The molecule has 2 saturated carbocycles. The highest BCUT2D eigenvalue weighted by molar-refractivity contribution is 7.10. The van der Waals surface area contributed by atoms with Gasteiger partial charge in [-0.2, -0.15) is 13.2 Å². The second kappa shape index (κ2) is 23.7. The molecule has 5 saturated heterocycles. The number of aromatic nitrogens is 3. The van der Waals surface area contributed by atoms with Crippen LogP contribution in [0.5, 0.6) is 0 Å². The topological polar surface area (TPSA) is 181 Å². The number of nitrogens with zero attached hydrogens (tertiary/aromatic N) is 10. The third-order valence-corrected chi connectivity index (χ3v) is 20.5. The standard InChI is InChI=1S/C63H85F3N12O7S/c1-37(2)53(74-20-17-62(33-74)18-21-75(34-62)59(82)56-54(39-11-12-39)76(56)31-51(79)71(6)7)57(80)69-47-28-50-68-48(32-86-50)40-13-16-49-43(26-40)45(29-61(4,5)36-85-60(83)46-10-9-19-78(70-46)58(47)81)55(77(49)35-63(64,65)66)44-27-42(30-67-52(44)38(3)84-8)73-24-22-72(23-25-73)41-14-15-41/h13,16,26-27,30,32,37-39,41,46-47,53-54,56,70H,9-12,14-15,17-25,28-29,31,33-36H2,1-8H3,(H,69,80)/t38-,46-,47-,53-,54+,56+,62-,76?/m0/s1. The number of methoxy groups -OCH3 is 1. The first-order valence-electron chi connectivity index (χ1n) is 31.2. The number of likely N-dealkylation sites (N-methyl/N-ethyl adjacent to an activating group) is 1. The van der Waals surface area contributed by atoms with Gasteiger partial charge in [0, 0.05) is 130 Å². The molecule has 19 nitrogen and oxygen atoms in total. The lowest BCUT2D eigenvalue weighted by molar-refractivity contribution is -0.155. The maximum atomic E-state index is 15.2. The zero-order valence-electron chi connectivity index (χ0n) is 51.1. The molecule has 1 aromatic carbocycles. The predicted octanol–water partition coefficient (Wildman–Crippen LogP) is 6.53. The van der Waals surface area contributed by atoms with E-state index in [9.17, 15) is 14.4 Å². The van der Waals surface area contributed by atoms with Crippen LogP contribution in [0.25, 0.3) is 33.4 Å². The molecule has 466 valence electrons. The van der Waals surface area contributed by atoms with E-state index in [-0.39, 0.29) is 73.7 Å². The van der Waals surface area contributed by atoms with E-state index in [0.717, 1.165) is 57.5 Å². The molecule has 6 bridgehead atoms. The number of hydrogen-bond acceptors (Lipinski definition) is 15. The number of nitrogens with one attached hydrogen (secondary N) is 2. The number of thiazole rings is 1. The van der Waals surface area contributed by atoms with Crippen LogP contribution in [0.15, 0.2) is 35.8 Å². The number of pyridine rings is 1. The van der Waals surface area contributed by atoms with Gasteiger partial charge >= 0.3 is 12.1 Å². The molecule has 4 amide bonds. The van der Waals surface area contributed by atoms with Crippen molar-refractivity contribution in [2.45, 2.75) is 154 Å². The van der Waals surface area contributed by atoms with Gasteiger partial charge in [-0.15, -0.1) is 11.3 Å². The summed E-state index contributed by atoms with van der Waals surface area (Å²) in [6.45, 7) is 14.6. The van der Waals surface area contributed by atoms with E-state index in [2.05, 4.69) is 30.3 Å². The van der Waals surface area contributed by atoms with Crippen LogP contribution in [0.2, 0.25) is 0 Å². The lowest BCUT2D eigenvalue weighted by Gasteiger charge is -2.37. The summed E-state index contributed by atoms with van der Waals surface area (Å²) in [6.07, 6.45) is 3.92. The van der Waals surface area contributed by atoms with Crippen molar-refractivity contribution in [2.24, 2.45) is 22.7 Å². The first-order valence-corrected chi connectivity index (χ1v) is 32.1. The summed E-state index contributed by atoms with van der Waals surface area (Å²) in [7, 11) is 5.05. The van der Waals surface area contributed by atoms with Gasteiger partial charge in [0.1, 0.15) is 24.7 Å². The number of cyclic esters (lactones) is 1. The van der Waals surface area contributed by atoms with Crippen molar-refractivity contribution in [3.05, 3.63) is 52.1 Å². The third-order valence-electron chi connectivity index (χ3n) is 19.6. The van der Waals surface area contributed by atoms with E-state index in [1.807, 2.05) is 63.2 Å². The number of carbonyl (C=O) groups is 5. The second-order valence-corrected chi connectivity index (χ2v) is 28.3. The van der Waals surface area contributed by atoms with E-state index >= 15 is 22.8 Å². The van der Waals surface area contributed by atoms with Crippen LogP contribution in [0.4, 0.5) is 18.9 Å². The fourth-order valence-corrected chi connectivity index (χ4v) is 15.5. The molecular formula is C63H85F3N12O7S. The molecule has 3 aromatic heterocycles. The largest absolute Gasteiger partial charge is 0.464 e. The van der Waals surface area contributed by atoms with Gasteiger partial charge in [0.2, 0.25) is 17.7 Å². The first kappa shape index (κ1) is 60.6. The van der Waals surface area contributed by atoms with Gasteiger partial charge in [0.05, 0.1) is 59.3 Å². The van der Waals surface area contributed by atoms with Crippen molar-refractivity contribution in [2.75, 3.05) is 98.2 Å². The molecule has 23 heteroatoms. The van der Waals surface area contributed by atoms with Crippen LogP contribution < -0.4 is 15.6 Å². The van der Waals surface area contributed by atoms with E-state index in [4.69, 9.17) is 19.4 Å². The van der Waals surface area contributed by atoms with Crippen molar-refractivity contribution >= 4 is 57.5 Å². The summed E-state index contributed by atoms with van der Waals surface area (Å²) in [6, 6.07) is 5.27. The lowest BCUT2D eigenvalue weighted by Crippen LogP contribution is -2.62. The molecule has 2 aliphatic carbocycles. The Labute approximate surface area is 506 Å². The van der Waals surface area contributed by atoms with Crippen molar-refractivity contribution in [3.8, 4) is 22.5 Å². The van der Waals surface area contributed by atoms with Crippen molar-refractivity contribution < 1.29 is 46.6 Å². The van der Waals surface area contributed by atoms with Crippen molar-refractivity contribution in [3.63, 3.8) is 0 Å². The SMILES string of the molecule is CO[C@@H](C)c1ncc(N2CCN(C3CC3)CC2)cc1-c1c2c3cc(ccc3n1CC(F)(F)F)-c1csc(n1)C[C@H](NC(=O)[C@H](C(C)C)N1CC[C@]3(CCN(C(=O)[C@H]4[C@@H](C5CC5)N4CC(=O)N(C)C)C3)C1)C(=O)N1CCC[C@H](N1)C(=O)OCC(C)(C)C2. The van der Waals surface area contributed by atoms with Gasteiger partial charge in [-0.3, -0.25) is 48.7 Å². The normalized spacial score (nSPS) is 27.4. The van der Waals surface area contributed by atoms with Crippen LogP contribution in [0, 0.1) is 22.7 Å². The molecule has 12 rings (SSSR count). The number of alkyl halides is 3. The van der Waals surface area contributed by atoms with Crippen LogP contribution in [-0.2, 0) is 52.8 Å². The number of anilines is 1. The molecule has 2 N–H and O–H groups in total. The Balaban J connectivity index is 0.850. The number of fused-ring (bicyclic) bond motifs is 6. The van der Waals surface area contributed by atoms with Crippen molar-refractivity contribution in [1.29, 1.82) is 0 Å². The smallest absolute Gasteiger partial charge is 0.406 e. The zero-order chi connectivity index (χ0) is 60.7. The average Bonchev–Trinajstić information content (AvgIpc) is 1.68. The maximum absolute atomic E-state index is 15.2. The van der Waals surface area contributed by atoms with Gasteiger partial charge in [-0.05, 0) is 107 Å². The number of hydrazine groups is 1. The molecule has 8 atom stereocenters. The van der Waals surface area contributed by atoms with E-state index in [0.29, 0.717) is 101 Å². The fourth-order valence-electron chi connectivity index (χ4n) is 14.6. The molecule has 86 heavy (non-hydrogen) atoms. The maximum Gasteiger partial charge on any atom is 0.406 e. The molecular weight excluding hydrogens is 1130 g/mol. The summed E-state index contributed by atoms with van der Waals surface area (Å²) in [4.78, 5) is 93.9. The highest BCUT2D eigenvalue weighted by Crippen LogP contribution is 2.50. The molecule has 6 aliphatic heterocycles. The number of benzene rings is 1. The number of hydrogen-bond donors (Lipinski definition) is 2. The highest BCUT2D eigenvalue weighted by Gasteiger charge is 2.61. The van der Waals surface area contributed by atoms with Gasteiger partial charge in [0.15, 0.2) is 0 Å². The fraction of sp³-hybridized carbons (Fsp3) is 0.667. The summed E-state index contributed by atoms with van der Waals surface area (Å²) in [5.41, 5.74) is 6.61. The summed E-state index contributed by atoms with van der Waals surface area (Å²) >= 11 is 1.33. The minimum atomic E-state index is -4.61. The Morgan fingerprint density at radius 2 is 1.72 bits per heavy atom. The number of amides is 4. The predicted molar refractivity (Wildman–Crippen MR) is 321 cm³/mol. The van der Waals surface area contributed by atoms with E-state index in [1.54, 1.807) is 38.2 Å². The van der Waals surface area contributed by atoms with Crippen LogP contribution in [0.3, 0.4) is 0 Å². The number of carbonyl (C=O) groups excluding carboxylic acids is 5. The van der Waals surface area contributed by atoms with Crippen LogP contribution in [0.1, 0.15) is 108 Å². The Hall–Kier alpha value is -5.72. The Bertz CT molecular complexity index is 3240. The first-order chi connectivity index (χ1) is 41.0. The monoisotopic (exact) mass is 1210 g/mol. The number of ether oxygens (including phenoxy) is 2. The van der Waals surface area contributed by atoms with Gasteiger partial charge in [0.25, 0.3) is 5.91 Å². The number of rotatable bonds is 14. The highest BCUT2D eigenvalue weighted by atomic mass is 32.1. The molecule has 8 aliphatic rings. The second-order valence-electron chi connectivity index (χ2n) is 27.3. The molecule has 1 unspecified atom stereocenters. The number of halogens is 3. The number of likely N-dealkylation sites (tertiary alicyclic amines) is 2. The third kappa shape index (κ3) is 12.5. The quantitative estimate of drug-likeness (QED) is 0.103. The Kier molecular flexibility index (Phi) is 16.7. The molecule has 7 fully saturated rings. The minimum absolute atomic E-state index is 0.00883. The lowest BCUT2D eigenvalue weighted by atomic mass is 9.84. The van der Waals surface area contributed by atoms with Crippen molar-refractivity contribution in [1.82, 2.24) is 54.8 Å². The summed E-state index contributed by atoms with van der Waals surface area (Å²) in [5.74, 6) is -0.900. The summed E-state index contributed by atoms with van der Waals surface area (Å²) < 4.78 is 59.1. The molecule has 9 heterocycles. The Morgan fingerprint density at radius 1 is 0.965 bits per heavy atom. The molecule has 1 spiro atoms. The molecule has 4 aromatic rings.